The standard InChI is InChI=1S/C20H22FN3O3S/c1-11(2)23(4)19(27)17-12(3)22-20-24(15(10-28-20)9-16(25)26)18(17)13-5-7-14(21)8-6-13/h5-8,10-11,18H,9H2,1-4H3,(H,25,26). The van der Waals surface area contributed by atoms with E-state index >= 15 is 0 Å². The molecule has 28 heavy (non-hydrogen) atoms. The number of aliphatic imine (C=N–C) groups is 1. The first-order valence-corrected chi connectivity index (χ1v) is 9.77. The minimum atomic E-state index is -0.968. The lowest BCUT2D eigenvalue weighted by Crippen LogP contribution is -2.42. The lowest BCUT2D eigenvalue weighted by molar-refractivity contribution is -0.136. The topological polar surface area (TPSA) is 73.2 Å². The van der Waals surface area contributed by atoms with E-state index in [0.717, 1.165) is 0 Å². The number of amides is 1. The van der Waals surface area contributed by atoms with Crippen molar-refractivity contribution in [2.45, 2.75) is 39.3 Å². The zero-order valence-corrected chi connectivity index (χ0v) is 17.0. The van der Waals surface area contributed by atoms with Crippen LogP contribution in [0.3, 0.4) is 0 Å². The number of rotatable bonds is 5. The fourth-order valence-electron chi connectivity index (χ4n) is 3.18. The Balaban J connectivity index is 2.14. The Morgan fingerprint density at radius 1 is 1.32 bits per heavy atom. The second-order valence-electron chi connectivity index (χ2n) is 7.02. The number of halogens is 1. The Kier molecular flexibility index (Phi) is 5.60. The molecule has 1 atom stereocenters. The molecule has 3 rings (SSSR count). The monoisotopic (exact) mass is 403 g/mol. The lowest BCUT2D eigenvalue weighted by atomic mass is 9.92. The van der Waals surface area contributed by atoms with Gasteiger partial charge in [0.15, 0.2) is 5.17 Å². The Bertz CT molecular complexity index is 906. The smallest absolute Gasteiger partial charge is 0.309 e. The molecule has 1 aromatic carbocycles. The van der Waals surface area contributed by atoms with E-state index in [9.17, 15) is 19.1 Å². The van der Waals surface area contributed by atoms with E-state index in [1.54, 1.807) is 41.3 Å². The van der Waals surface area contributed by atoms with Crippen molar-refractivity contribution in [1.82, 2.24) is 9.80 Å². The molecule has 0 fully saturated rings. The molecule has 1 N–H and O–H groups in total. The van der Waals surface area contributed by atoms with Crippen LogP contribution in [0.15, 0.2) is 51.6 Å². The molecule has 0 radical (unpaired) electrons. The number of carbonyl (C=O) groups excluding carboxylic acids is 1. The molecule has 0 saturated carbocycles. The molecule has 2 heterocycles. The highest BCUT2D eigenvalue weighted by molar-refractivity contribution is 8.16. The van der Waals surface area contributed by atoms with Gasteiger partial charge in [0.1, 0.15) is 5.82 Å². The van der Waals surface area contributed by atoms with Crippen molar-refractivity contribution in [3.63, 3.8) is 0 Å². The van der Waals surface area contributed by atoms with Gasteiger partial charge in [0, 0.05) is 18.8 Å². The number of hydrogen-bond acceptors (Lipinski definition) is 5. The van der Waals surface area contributed by atoms with Crippen LogP contribution in [0, 0.1) is 5.82 Å². The lowest BCUT2D eigenvalue weighted by Gasteiger charge is -2.38. The molecule has 2 aliphatic heterocycles. The highest BCUT2D eigenvalue weighted by Gasteiger charge is 2.41. The summed E-state index contributed by atoms with van der Waals surface area (Å²) in [5.41, 5.74) is 2.30. The highest BCUT2D eigenvalue weighted by atomic mass is 32.2. The van der Waals surface area contributed by atoms with Crippen LogP contribution < -0.4 is 0 Å². The van der Waals surface area contributed by atoms with Crippen molar-refractivity contribution in [3.05, 3.63) is 58.0 Å². The number of carboxylic acids is 1. The Hall–Kier alpha value is -2.61. The van der Waals surface area contributed by atoms with Crippen molar-refractivity contribution in [1.29, 1.82) is 0 Å². The van der Waals surface area contributed by atoms with Crippen molar-refractivity contribution in [3.8, 4) is 0 Å². The molecule has 148 valence electrons. The maximum absolute atomic E-state index is 13.5. The first-order valence-electron chi connectivity index (χ1n) is 8.89. The Labute approximate surface area is 167 Å². The van der Waals surface area contributed by atoms with Crippen LogP contribution >= 0.6 is 11.8 Å². The fraction of sp³-hybridized carbons (Fsp3) is 0.350. The van der Waals surface area contributed by atoms with E-state index in [2.05, 4.69) is 4.99 Å². The summed E-state index contributed by atoms with van der Waals surface area (Å²) in [5.74, 6) is -1.53. The number of thioether (sulfide) groups is 1. The number of carboxylic acid groups (broad SMARTS) is 1. The third kappa shape index (κ3) is 3.69. The Morgan fingerprint density at radius 3 is 2.54 bits per heavy atom. The maximum atomic E-state index is 13.5. The predicted molar refractivity (Wildman–Crippen MR) is 107 cm³/mol. The van der Waals surface area contributed by atoms with E-state index in [1.165, 1.54) is 23.9 Å². The van der Waals surface area contributed by atoms with Crippen LogP contribution in [0.25, 0.3) is 0 Å². The van der Waals surface area contributed by atoms with Crippen LogP contribution in [-0.2, 0) is 9.59 Å². The third-order valence-corrected chi connectivity index (χ3v) is 5.73. The second kappa shape index (κ2) is 7.79. The molecule has 8 heteroatoms. The molecule has 2 aliphatic rings. The van der Waals surface area contributed by atoms with Gasteiger partial charge in [-0.1, -0.05) is 23.9 Å². The SMILES string of the molecule is CC1=C(C(=O)N(C)C(C)C)C(c2ccc(F)cc2)N2C(CC(=O)O)=CSC2=N1. The number of aliphatic carboxylic acids is 1. The molecule has 0 aliphatic carbocycles. The number of fused-ring (bicyclic) bond motifs is 1. The van der Waals surface area contributed by atoms with Crippen LogP contribution in [0.2, 0.25) is 0 Å². The summed E-state index contributed by atoms with van der Waals surface area (Å²) in [6.45, 7) is 5.61. The quantitative estimate of drug-likeness (QED) is 0.811. The van der Waals surface area contributed by atoms with Gasteiger partial charge in [0.2, 0.25) is 0 Å². The van der Waals surface area contributed by atoms with E-state index in [1.807, 2.05) is 13.8 Å². The molecule has 6 nitrogen and oxygen atoms in total. The van der Waals surface area contributed by atoms with E-state index < -0.39 is 12.0 Å². The number of carbonyl (C=O) groups is 2. The van der Waals surface area contributed by atoms with Gasteiger partial charge in [-0.25, -0.2) is 9.38 Å². The number of allylic oxidation sites excluding steroid dienone is 1. The summed E-state index contributed by atoms with van der Waals surface area (Å²) in [5, 5.41) is 11.7. The minimum Gasteiger partial charge on any atom is -0.481 e. The zero-order chi connectivity index (χ0) is 20.6. The number of amidine groups is 1. The summed E-state index contributed by atoms with van der Waals surface area (Å²) in [6, 6.07) is 5.35. The maximum Gasteiger partial charge on any atom is 0.309 e. The van der Waals surface area contributed by atoms with Crippen LogP contribution in [0.5, 0.6) is 0 Å². The van der Waals surface area contributed by atoms with Gasteiger partial charge in [-0.2, -0.15) is 0 Å². The van der Waals surface area contributed by atoms with Gasteiger partial charge in [0.05, 0.1) is 23.7 Å². The summed E-state index contributed by atoms with van der Waals surface area (Å²) < 4.78 is 13.5. The Morgan fingerprint density at radius 2 is 1.96 bits per heavy atom. The van der Waals surface area contributed by atoms with Crippen molar-refractivity contribution >= 4 is 28.8 Å². The van der Waals surface area contributed by atoms with Gasteiger partial charge in [-0.15, -0.1) is 0 Å². The number of likely N-dealkylation sites (N-methyl/N-ethyl adjacent to an activating group) is 1. The average molecular weight is 403 g/mol. The number of hydrogen-bond donors (Lipinski definition) is 1. The molecule has 1 aromatic rings. The fourth-order valence-corrected chi connectivity index (χ4v) is 4.15. The molecule has 0 spiro atoms. The summed E-state index contributed by atoms with van der Waals surface area (Å²) >= 11 is 1.33. The molecule has 1 unspecified atom stereocenters. The van der Waals surface area contributed by atoms with Crippen LogP contribution in [0.1, 0.15) is 38.8 Å². The van der Waals surface area contributed by atoms with Crippen LogP contribution in [0.4, 0.5) is 4.39 Å². The number of benzene rings is 1. The molecule has 0 aromatic heterocycles. The van der Waals surface area contributed by atoms with Gasteiger partial charge in [-0.05, 0) is 43.9 Å². The number of nitrogens with zero attached hydrogens (tertiary/aromatic N) is 3. The zero-order valence-electron chi connectivity index (χ0n) is 16.1. The van der Waals surface area contributed by atoms with Crippen molar-refractivity contribution < 1.29 is 19.1 Å². The summed E-state index contributed by atoms with van der Waals surface area (Å²) in [6.07, 6.45) is -0.190. The van der Waals surface area contributed by atoms with Crippen molar-refractivity contribution in [2.24, 2.45) is 4.99 Å². The molecule has 0 bridgehead atoms. The van der Waals surface area contributed by atoms with Gasteiger partial charge in [-0.3, -0.25) is 9.59 Å². The second-order valence-corrected chi connectivity index (χ2v) is 7.86. The molecular formula is C20H22FN3O3S. The first-order chi connectivity index (χ1) is 13.2. The van der Waals surface area contributed by atoms with Gasteiger partial charge in [0.25, 0.3) is 5.91 Å². The van der Waals surface area contributed by atoms with Gasteiger partial charge < -0.3 is 14.9 Å². The third-order valence-electron chi connectivity index (χ3n) is 4.84. The largest absolute Gasteiger partial charge is 0.481 e. The van der Waals surface area contributed by atoms with Crippen LogP contribution in [-0.4, -0.2) is 45.0 Å². The van der Waals surface area contributed by atoms with E-state index in [4.69, 9.17) is 0 Å². The van der Waals surface area contributed by atoms with Gasteiger partial charge >= 0.3 is 5.97 Å². The normalized spacial score (nSPS) is 18.8. The van der Waals surface area contributed by atoms with E-state index in [0.29, 0.717) is 27.7 Å². The molecular weight excluding hydrogens is 381 g/mol. The molecule has 0 saturated heterocycles. The first kappa shape index (κ1) is 20.1. The average Bonchev–Trinajstić information content (AvgIpc) is 3.01. The summed E-state index contributed by atoms with van der Waals surface area (Å²) in [4.78, 5) is 32.6. The van der Waals surface area contributed by atoms with E-state index in [-0.39, 0.29) is 24.2 Å². The summed E-state index contributed by atoms with van der Waals surface area (Å²) in [7, 11) is 1.72. The predicted octanol–water partition coefficient (Wildman–Crippen LogP) is 3.74. The van der Waals surface area contributed by atoms with Crippen molar-refractivity contribution in [2.75, 3.05) is 7.05 Å². The molecule has 1 amide bonds. The minimum absolute atomic E-state index is 0.0194. The highest BCUT2D eigenvalue weighted by Crippen LogP contribution is 2.45.